The summed E-state index contributed by atoms with van der Waals surface area (Å²) in [5.41, 5.74) is 3.36. The number of hydrogen-bond acceptors (Lipinski definition) is 4. The summed E-state index contributed by atoms with van der Waals surface area (Å²) in [7, 11) is 0. The van der Waals surface area contributed by atoms with Gasteiger partial charge in [-0.15, -0.1) is 0 Å². The van der Waals surface area contributed by atoms with Crippen molar-refractivity contribution >= 4 is 27.7 Å². The molecule has 0 bridgehead atoms. The zero-order valence-corrected chi connectivity index (χ0v) is 17.4. The molecule has 4 rings (SSSR count). The molecule has 0 spiro atoms. The second-order valence-electron chi connectivity index (χ2n) is 6.56. The molecule has 1 N–H and O–H groups in total. The first-order chi connectivity index (χ1) is 14.1. The topological polar surface area (TPSA) is 77.6 Å². The van der Waals surface area contributed by atoms with Gasteiger partial charge in [0.15, 0.2) is 5.82 Å². The average Bonchev–Trinajstić information content (AvgIpc) is 3.34. The van der Waals surface area contributed by atoms with Gasteiger partial charge in [-0.2, -0.15) is 10.2 Å². The summed E-state index contributed by atoms with van der Waals surface area (Å²) in [5, 5.41) is 11.6. The molecule has 4 aromatic rings. The lowest BCUT2D eigenvalue weighted by molar-refractivity contribution is 0.102. The van der Waals surface area contributed by atoms with Crippen LogP contribution in [0.25, 0.3) is 5.69 Å². The monoisotopic (exact) mass is 450 g/mol. The molecule has 0 saturated heterocycles. The van der Waals surface area contributed by atoms with Gasteiger partial charge in [0.1, 0.15) is 0 Å². The molecule has 1 aromatic carbocycles. The van der Waals surface area contributed by atoms with Crippen LogP contribution >= 0.6 is 15.9 Å². The van der Waals surface area contributed by atoms with E-state index in [-0.39, 0.29) is 5.91 Å². The molecule has 146 valence electrons. The number of nitrogens with one attached hydrogen (secondary N) is 1. The summed E-state index contributed by atoms with van der Waals surface area (Å²) in [4.78, 5) is 16.7. The predicted octanol–water partition coefficient (Wildman–Crippen LogP) is 4.03. The number of hydrogen-bond donors (Lipinski definition) is 1. The van der Waals surface area contributed by atoms with Crippen molar-refractivity contribution in [3.05, 3.63) is 88.5 Å². The first-order valence-electron chi connectivity index (χ1n) is 9.14. The van der Waals surface area contributed by atoms with Crippen LogP contribution in [0.3, 0.4) is 0 Å². The summed E-state index contributed by atoms with van der Waals surface area (Å²) >= 11 is 3.42. The maximum atomic E-state index is 12.7. The number of amides is 1. The second kappa shape index (κ2) is 8.40. The molecular weight excluding hydrogens is 432 g/mol. The third kappa shape index (κ3) is 4.43. The van der Waals surface area contributed by atoms with Crippen LogP contribution in [0.5, 0.6) is 0 Å². The molecule has 3 aromatic heterocycles. The van der Waals surface area contributed by atoms with Crippen molar-refractivity contribution in [3.8, 4) is 5.69 Å². The third-order valence-corrected chi connectivity index (χ3v) is 5.12. The van der Waals surface area contributed by atoms with Crippen LogP contribution in [0.1, 0.15) is 21.6 Å². The quantitative estimate of drug-likeness (QED) is 0.480. The van der Waals surface area contributed by atoms with Crippen molar-refractivity contribution in [2.24, 2.45) is 0 Å². The molecule has 0 aliphatic rings. The van der Waals surface area contributed by atoms with E-state index in [0.717, 1.165) is 28.8 Å². The summed E-state index contributed by atoms with van der Waals surface area (Å²) in [6.45, 7) is 2.59. The Labute approximate surface area is 176 Å². The Hall–Kier alpha value is -3.26. The summed E-state index contributed by atoms with van der Waals surface area (Å²) in [5.74, 6) is 0.283. The highest BCUT2D eigenvalue weighted by atomic mass is 79.9. The first-order valence-corrected chi connectivity index (χ1v) is 9.94. The molecule has 0 aliphatic heterocycles. The maximum Gasteiger partial charge on any atom is 0.260 e. The van der Waals surface area contributed by atoms with Crippen LogP contribution in [-0.4, -0.2) is 30.5 Å². The van der Waals surface area contributed by atoms with Gasteiger partial charge in [-0.05, 0) is 55.3 Å². The van der Waals surface area contributed by atoms with Crippen molar-refractivity contribution in [2.75, 3.05) is 5.32 Å². The molecule has 3 heterocycles. The van der Waals surface area contributed by atoms with E-state index >= 15 is 0 Å². The van der Waals surface area contributed by atoms with E-state index in [0.29, 0.717) is 11.4 Å². The number of aryl methyl sites for hydroxylation is 2. The number of nitrogens with zero attached hydrogens (tertiary/aromatic N) is 5. The van der Waals surface area contributed by atoms with Gasteiger partial charge < -0.3 is 5.32 Å². The first kappa shape index (κ1) is 19.1. The molecule has 0 fully saturated rings. The SMILES string of the molecule is Cc1c(C(=O)Nc2ccn(CCc3ccncc3)n2)cnn1-c1ccc(Br)cc1. The Morgan fingerprint density at radius 3 is 2.62 bits per heavy atom. The van der Waals surface area contributed by atoms with E-state index in [4.69, 9.17) is 0 Å². The summed E-state index contributed by atoms with van der Waals surface area (Å²) in [6, 6.07) is 13.5. The molecule has 0 unspecified atom stereocenters. The number of halogens is 1. The smallest absolute Gasteiger partial charge is 0.260 e. The lowest BCUT2D eigenvalue weighted by Crippen LogP contribution is -2.14. The molecular formula is C21H19BrN6O. The highest BCUT2D eigenvalue weighted by Crippen LogP contribution is 2.18. The van der Waals surface area contributed by atoms with Gasteiger partial charge in [0, 0.05) is 35.7 Å². The van der Waals surface area contributed by atoms with Crippen LogP contribution < -0.4 is 5.32 Å². The summed E-state index contributed by atoms with van der Waals surface area (Å²) < 4.78 is 4.55. The maximum absolute atomic E-state index is 12.7. The lowest BCUT2D eigenvalue weighted by atomic mass is 10.2. The van der Waals surface area contributed by atoms with E-state index in [1.165, 1.54) is 5.56 Å². The summed E-state index contributed by atoms with van der Waals surface area (Å²) in [6.07, 6.45) is 7.83. The molecule has 7 nitrogen and oxygen atoms in total. The number of anilines is 1. The number of rotatable bonds is 6. The predicted molar refractivity (Wildman–Crippen MR) is 114 cm³/mol. The van der Waals surface area contributed by atoms with Gasteiger partial charge in [-0.3, -0.25) is 14.5 Å². The van der Waals surface area contributed by atoms with Crippen LogP contribution in [0, 0.1) is 6.92 Å². The molecule has 0 radical (unpaired) electrons. The molecule has 29 heavy (non-hydrogen) atoms. The largest absolute Gasteiger partial charge is 0.305 e. The van der Waals surface area contributed by atoms with Crippen LogP contribution in [0.4, 0.5) is 5.82 Å². The number of benzene rings is 1. The van der Waals surface area contributed by atoms with Crippen molar-refractivity contribution in [3.63, 3.8) is 0 Å². The van der Waals surface area contributed by atoms with E-state index in [1.807, 2.05) is 54.2 Å². The van der Waals surface area contributed by atoms with E-state index in [1.54, 1.807) is 29.3 Å². The third-order valence-electron chi connectivity index (χ3n) is 4.59. The van der Waals surface area contributed by atoms with Gasteiger partial charge in [0.25, 0.3) is 5.91 Å². The van der Waals surface area contributed by atoms with E-state index in [9.17, 15) is 4.79 Å². The second-order valence-corrected chi connectivity index (χ2v) is 7.47. The number of pyridine rings is 1. The Balaban J connectivity index is 1.42. The fourth-order valence-corrected chi connectivity index (χ4v) is 3.27. The van der Waals surface area contributed by atoms with E-state index < -0.39 is 0 Å². The van der Waals surface area contributed by atoms with Gasteiger partial charge in [-0.25, -0.2) is 4.68 Å². The zero-order valence-electron chi connectivity index (χ0n) is 15.8. The molecule has 0 atom stereocenters. The number of carbonyl (C=O) groups excluding carboxylic acids is 1. The van der Waals surface area contributed by atoms with Crippen LogP contribution in [0.15, 0.2) is 71.7 Å². The molecule has 1 amide bonds. The minimum atomic E-state index is -0.231. The van der Waals surface area contributed by atoms with Crippen LogP contribution in [-0.2, 0) is 13.0 Å². The Morgan fingerprint density at radius 2 is 1.86 bits per heavy atom. The molecule has 0 aliphatic carbocycles. The molecule has 0 saturated carbocycles. The number of aromatic nitrogens is 5. The van der Waals surface area contributed by atoms with Crippen molar-refractivity contribution in [2.45, 2.75) is 19.9 Å². The fraction of sp³-hybridized carbons (Fsp3) is 0.143. The van der Waals surface area contributed by atoms with Crippen molar-refractivity contribution in [1.82, 2.24) is 24.5 Å². The van der Waals surface area contributed by atoms with Gasteiger partial charge in [0.05, 0.1) is 23.1 Å². The lowest BCUT2D eigenvalue weighted by Gasteiger charge is -2.06. The van der Waals surface area contributed by atoms with Crippen molar-refractivity contribution < 1.29 is 4.79 Å². The van der Waals surface area contributed by atoms with Gasteiger partial charge >= 0.3 is 0 Å². The Bertz CT molecular complexity index is 1120. The van der Waals surface area contributed by atoms with Gasteiger partial charge in [-0.1, -0.05) is 15.9 Å². The Kier molecular flexibility index (Phi) is 5.53. The Morgan fingerprint density at radius 1 is 1.10 bits per heavy atom. The zero-order chi connectivity index (χ0) is 20.2. The van der Waals surface area contributed by atoms with E-state index in [2.05, 4.69) is 36.4 Å². The van der Waals surface area contributed by atoms with Crippen molar-refractivity contribution in [1.29, 1.82) is 0 Å². The van der Waals surface area contributed by atoms with Gasteiger partial charge in [0.2, 0.25) is 0 Å². The minimum Gasteiger partial charge on any atom is -0.305 e. The fourth-order valence-electron chi connectivity index (χ4n) is 3.00. The highest BCUT2D eigenvalue weighted by molar-refractivity contribution is 9.10. The average molecular weight is 451 g/mol. The standard InChI is InChI=1S/C21H19BrN6O/c1-15-19(14-24-28(15)18-4-2-17(22)3-5-18)21(29)25-20-9-13-27(26-20)12-8-16-6-10-23-11-7-16/h2-7,9-11,13-14H,8,12H2,1H3,(H,25,26,29). The molecule has 8 heteroatoms. The normalized spacial score (nSPS) is 10.8. The minimum absolute atomic E-state index is 0.231. The highest BCUT2D eigenvalue weighted by Gasteiger charge is 2.16. The van der Waals surface area contributed by atoms with Crippen LogP contribution in [0.2, 0.25) is 0 Å². The number of carbonyl (C=O) groups is 1.